The average molecular weight is 282 g/mol. The lowest BCUT2D eigenvalue weighted by Crippen LogP contribution is -2.39. The highest BCUT2D eigenvalue weighted by atomic mass is 32.1. The third-order valence-corrected chi connectivity index (χ3v) is 5.21. The Bertz CT molecular complexity index is 393. The number of nitrogens with one attached hydrogen (secondary N) is 1. The summed E-state index contributed by atoms with van der Waals surface area (Å²) in [4.78, 5) is 10.9. The molecule has 2 atom stereocenters. The fourth-order valence-electron chi connectivity index (χ4n) is 2.60. The fraction of sp³-hybridized carbons (Fsp3) is 0.786. The number of aromatic nitrogens is 1. The van der Waals surface area contributed by atoms with Gasteiger partial charge in [-0.1, -0.05) is 6.92 Å². The quantitative estimate of drug-likeness (QED) is 0.918. The van der Waals surface area contributed by atoms with Gasteiger partial charge in [0.05, 0.1) is 0 Å². The van der Waals surface area contributed by atoms with Gasteiger partial charge < -0.3 is 15.1 Å². The molecule has 0 saturated carbocycles. The Morgan fingerprint density at radius 3 is 3.00 bits per heavy atom. The molecule has 1 saturated heterocycles. The molecule has 108 valence electrons. The summed E-state index contributed by atoms with van der Waals surface area (Å²) in [5.41, 5.74) is 0. The van der Waals surface area contributed by atoms with Gasteiger partial charge in [0.15, 0.2) is 5.13 Å². The van der Waals surface area contributed by atoms with Crippen LogP contribution in [0.15, 0.2) is 6.20 Å². The Morgan fingerprint density at radius 1 is 1.53 bits per heavy atom. The molecule has 0 aromatic carbocycles. The van der Waals surface area contributed by atoms with Crippen molar-refractivity contribution >= 4 is 16.5 Å². The van der Waals surface area contributed by atoms with Crippen molar-refractivity contribution in [3.05, 3.63) is 11.1 Å². The summed E-state index contributed by atoms with van der Waals surface area (Å²) in [5, 5.41) is 4.48. The maximum Gasteiger partial charge on any atom is 0.185 e. The molecule has 1 fully saturated rings. The van der Waals surface area contributed by atoms with Gasteiger partial charge in [-0.15, -0.1) is 11.3 Å². The molecule has 0 bridgehead atoms. The number of rotatable bonds is 4. The molecule has 19 heavy (non-hydrogen) atoms. The Kier molecular flexibility index (Phi) is 5.19. The standard InChI is InChI=1S/C14H26N4S/c1-5-12-10-17(4)7-6-8-18(12)14-16-9-13(19-14)11(2)15-3/h9,11-12,15H,5-8,10H2,1-4H3. The minimum absolute atomic E-state index is 0.390. The van der Waals surface area contributed by atoms with Gasteiger partial charge in [0.2, 0.25) is 0 Å². The smallest absolute Gasteiger partial charge is 0.185 e. The van der Waals surface area contributed by atoms with Crippen molar-refractivity contribution in [1.82, 2.24) is 15.2 Å². The van der Waals surface area contributed by atoms with E-state index >= 15 is 0 Å². The van der Waals surface area contributed by atoms with Crippen LogP contribution in [0.5, 0.6) is 0 Å². The summed E-state index contributed by atoms with van der Waals surface area (Å²) >= 11 is 1.84. The van der Waals surface area contributed by atoms with Crippen LogP contribution < -0.4 is 10.2 Å². The lowest BCUT2D eigenvalue weighted by atomic mass is 10.2. The van der Waals surface area contributed by atoms with Gasteiger partial charge in [0.1, 0.15) is 0 Å². The largest absolute Gasteiger partial charge is 0.344 e. The van der Waals surface area contributed by atoms with Crippen LogP contribution in [0.4, 0.5) is 5.13 Å². The molecule has 0 amide bonds. The van der Waals surface area contributed by atoms with Crippen molar-refractivity contribution in [3.8, 4) is 0 Å². The van der Waals surface area contributed by atoms with Crippen molar-refractivity contribution in [1.29, 1.82) is 0 Å². The monoisotopic (exact) mass is 282 g/mol. The van der Waals surface area contributed by atoms with Gasteiger partial charge in [0.25, 0.3) is 0 Å². The normalized spacial score (nSPS) is 23.4. The van der Waals surface area contributed by atoms with Crippen molar-refractivity contribution < 1.29 is 0 Å². The minimum Gasteiger partial charge on any atom is -0.344 e. The minimum atomic E-state index is 0.390. The summed E-state index contributed by atoms with van der Waals surface area (Å²) in [6.45, 7) is 7.93. The molecule has 1 aromatic rings. The fourth-order valence-corrected chi connectivity index (χ4v) is 3.67. The predicted molar refractivity (Wildman–Crippen MR) is 83.1 cm³/mol. The zero-order valence-electron chi connectivity index (χ0n) is 12.5. The number of likely N-dealkylation sites (N-methyl/N-ethyl adjacent to an activating group) is 1. The highest BCUT2D eigenvalue weighted by Gasteiger charge is 2.24. The predicted octanol–water partition coefficient (Wildman–Crippen LogP) is 2.34. The third kappa shape index (κ3) is 3.46. The van der Waals surface area contributed by atoms with E-state index in [2.05, 4.69) is 41.0 Å². The van der Waals surface area contributed by atoms with Crippen molar-refractivity contribution in [3.63, 3.8) is 0 Å². The maximum absolute atomic E-state index is 4.66. The molecule has 1 N–H and O–H groups in total. The molecule has 5 heteroatoms. The zero-order chi connectivity index (χ0) is 13.8. The second-order valence-corrected chi connectivity index (χ2v) is 6.47. The Hall–Kier alpha value is -0.650. The molecule has 1 aliphatic heterocycles. The van der Waals surface area contributed by atoms with Crippen LogP contribution in [0.2, 0.25) is 0 Å². The van der Waals surface area contributed by atoms with E-state index in [9.17, 15) is 0 Å². The third-order valence-electron chi connectivity index (χ3n) is 3.99. The van der Waals surface area contributed by atoms with Gasteiger partial charge in [-0.05, 0) is 40.4 Å². The van der Waals surface area contributed by atoms with E-state index in [1.807, 2.05) is 24.6 Å². The lowest BCUT2D eigenvalue weighted by Gasteiger charge is -2.29. The molecule has 4 nitrogen and oxygen atoms in total. The van der Waals surface area contributed by atoms with Crippen molar-refractivity contribution in [2.75, 3.05) is 38.6 Å². The Morgan fingerprint density at radius 2 is 2.32 bits per heavy atom. The van der Waals surface area contributed by atoms with Gasteiger partial charge in [-0.25, -0.2) is 4.98 Å². The molecule has 1 aliphatic rings. The van der Waals surface area contributed by atoms with E-state index in [1.54, 1.807) is 0 Å². The van der Waals surface area contributed by atoms with Crippen LogP contribution in [-0.4, -0.2) is 49.7 Å². The number of thiazole rings is 1. The van der Waals surface area contributed by atoms with Crippen LogP contribution in [-0.2, 0) is 0 Å². The Balaban J connectivity index is 2.16. The SMILES string of the molecule is CCC1CN(C)CCCN1c1ncc(C(C)NC)s1. The van der Waals surface area contributed by atoms with E-state index in [0.717, 1.165) is 13.1 Å². The van der Waals surface area contributed by atoms with Crippen LogP contribution in [0.25, 0.3) is 0 Å². The summed E-state index contributed by atoms with van der Waals surface area (Å²) < 4.78 is 0. The first kappa shape index (κ1) is 14.8. The van der Waals surface area contributed by atoms with E-state index < -0.39 is 0 Å². The van der Waals surface area contributed by atoms with E-state index in [0.29, 0.717) is 12.1 Å². The van der Waals surface area contributed by atoms with Crippen LogP contribution in [0.1, 0.15) is 37.6 Å². The molecule has 0 spiro atoms. The first-order chi connectivity index (χ1) is 9.15. The van der Waals surface area contributed by atoms with Gasteiger partial charge in [0, 0.05) is 36.2 Å². The number of nitrogens with zero attached hydrogens (tertiary/aromatic N) is 3. The number of hydrogen-bond acceptors (Lipinski definition) is 5. The molecule has 0 radical (unpaired) electrons. The molecular weight excluding hydrogens is 256 g/mol. The maximum atomic E-state index is 4.66. The number of hydrogen-bond donors (Lipinski definition) is 1. The van der Waals surface area contributed by atoms with Crippen LogP contribution in [0.3, 0.4) is 0 Å². The van der Waals surface area contributed by atoms with Gasteiger partial charge in [-0.3, -0.25) is 0 Å². The molecular formula is C14H26N4S. The summed E-state index contributed by atoms with van der Waals surface area (Å²) in [6.07, 6.45) is 4.44. The number of anilines is 1. The zero-order valence-corrected chi connectivity index (χ0v) is 13.3. The second-order valence-electron chi connectivity index (χ2n) is 5.43. The Labute approximate surface area is 120 Å². The highest BCUT2D eigenvalue weighted by Crippen LogP contribution is 2.29. The topological polar surface area (TPSA) is 31.4 Å². The average Bonchev–Trinajstić information content (AvgIpc) is 2.82. The van der Waals surface area contributed by atoms with E-state index in [4.69, 9.17) is 0 Å². The second kappa shape index (κ2) is 6.68. The van der Waals surface area contributed by atoms with Crippen molar-refractivity contribution in [2.24, 2.45) is 0 Å². The molecule has 2 rings (SSSR count). The molecule has 0 aliphatic carbocycles. The van der Waals surface area contributed by atoms with Crippen LogP contribution in [0, 0.1) is 0 Å². The van der Waals surface area contributed by atoms with Crippen molar-refractivity contribution in [2.45, 2.75) is 38.8 Å². The first-order valence-corrected chi connectivity index (χ1v) is 8.05. The lowest BCUT2D eigenvalue weighted by molar-refractivity contribution is 0.328. The summed E-state index contributed by atoms with van der Waals surface area (Å²) in [7, 11) is 4.22. The van der Waals surface area contributed by atoms with Gasteiger partial charge in [-0.2, -0.15) is 0 Å². The molecule has 1 aromatic heterocycles. The van der Waals surface area contributed by atoms with Crippen LogP contribution >= 0.6 is 11.3 Å². The van der Waals surface area contributed by atoms with E-state index in [-0.39, 0.29) is 0 Å². The summed E-state index contributed by atoms with van der Waals surface area (Å²) in [5.74, 6) is 0. The van der Waals surface area contributed by atoms with E-state index in [1.165, 1.54) is 29.4 Å². The highest BCUT2D eigenvalue weighted by molar-refractivity contribution is 7.15. The van der Waals surface area contributed by atoms with Gasteiger partial charge >= 0.3 is 0 Å². The molecule has 2 heterocycles. The summed E-state index contributed by atoms with van der Waals surface area (Å²) in [6, 6.07) is 0.984. The first-order valence-electron chi connectivity index (χ1n) is 7.23. The molecule has 2 unspecified atom stereocenters.